The van der Waals surface area contributed by atoms with Crippen LogP contribution in [0.5, 0.6) is 0 Å². The van der Waals surface area contributed by atoms with Crippen molar-refractivity contribution in [2.24, 2.45) is 0 Å². The number of nitrogens with one attached hydrogen (secondary N) is 2. The highest BCUT2D eigenvalue weighted by Gasteiger charge is 2.23. The number of piperidine rings is 1. The minimum absolute atomic E-state index is 0.744. The minimum atomic E-state index is 0.744. The van der Waals surface area contributed by atoms with Crippen molar-refractivity contribution in [3.8, 4) is 0 Å². The maximum atomic E-state index is 3.66. The van der Waals surface area contributed by atoms with Crippen LogP contribution in [0.3, 0.4) is 0 Å². The number of H-pyrrole nitrogens is 1. The van der Waals surface area contributed by atoms with Gasteiger partial charge in [-0.25, -0.2) is 0 Å². The Labute approximate surface area is 98.8 Å². The minimum Gasteiger partial charge on any atom is -0.365 e. The fourth-order valence-corrected chi connectivity index (χ4v) is 2.87. The molecular weight excluding hydrogens is 196 g/mol. The number of aromatic nitrogens is 1. The maximum Gasteiger partial charge on any atom is 0.0150 e. The molecule has 0 spiro atoms. The Kier molecular flexibility index (Phi) is 4.05. The number of unbranched alkanes of at least 4 members (excludes halogenated alkanes) is 1. The number of hydrogen-bond donors (Lipinski definition) is 2. The Morgan fingerprint density at radius 1 is 1.44 bits per heavy atom. The van der Waals surface area contributed by atoms with E-state index in [1.54, 1.807) is 5.56 Å². The lowest BCUT2D eigenvalue weighted by atomic mass is 9.85. The van der Waals surface area contributed by atoms with Gasteiger partial charge in [-0.1, -0.05) is 19.8 Å². The van der Waals surface area contributed by atoms with Gasteiger partial charge in [0.05, 0.1) is 0 Å². The van der Waals surface area contributed by atoms with E-state index in [9.17, 15) is 0 Å². The zero-order valence-corrected chi connectivity index (χ0v) is 10.6. The lowest BCUT2D eigenvalue weighted by molar-refractivity contribution is 0.340. The summed E-state index contributed by atoms with van der Waals surface area (Å²) in [6, 6.07) is 3.01. The molecule has 0 amide bonds. The van der Waals surface area contributed by atoms with Gasteiger partial charge in [0.15, 0.2) is 0 Å². The van der Waals surface area contributed by atoms with Crippen molar-refractivity contribution in [2.75, 3.05) is 6.54 Å². The van der Waals surface area contributed by atoms with Crippen molar-refractivity contribution >= 4 is 0 Å². The van der Waals surface area contributed by atoms with Crippen LogP contribution in [0.1, 0.15) is 56.2 Å². The van der Waals surface area contributed by atoms with Crippen molar-refractivity contribution in [1.82, 2.24) is 10.3 Å². The highest BCUT2D eigenvalue weighted by molar-refractivity contribution is 5.24. The third kappa shape index (κ3) is 2.67. The highest BCUT2D eigenvalue weighted by atomic mass is 14.9. The Balaban J connectivity index is 1.94. The number of rotatable bonds is 4. The van der Waals surface area contributed by atoms with Gasteiger partial charge in [0.25, 0.3) is 0 Å². The first-order valence-electron chi connectivity index (χ1n) is 6.68. The van der Waals surface area contributed by atoms with Crippen molar-refractivity contribution in [2.45, 2.75) is 57.9 Å². The third-order valence-electron chi connectivity index (χ3n) is 3.84. The van der Waals surface area contributed by atoms with Gasteiger partial charge in [-0.15, -0.1) is 0 Å². The van der Waals surface area contributed by atoms with Crippen LogP contribution < -0.4 is 5.32 Å². The summed E-state index contributed by atoms with van der Waals surface area (Å²) in [5, 5.41) is 3.66. The molecule has 1 fully saturated rings. The van der Waals surface area contributed by atoms with Crippen molar-refractivity contribution < 1.29 is 0 Å². The van der Waals surface area contributed by atoms with Gasteiger partial charge in [0.2, 0.25) is 0 Å². The van der Waals surface area contributed by atoms with E-state index in [0.717, 1.165) is 12.0 Å². The Morgan fingerprint density at radius 3 is 3.00 bits per heavy atom. The first-order valence-corrected chi connectivity index (χ1v) is 6.68. The van der Waals surface area contributed by atoms with Crippen LogP contribution in [0.15, 0.2) is 12.3 Å². The SMILES string of the molecule is CCCCC1CC(c2cc[nH]c2C)CCN1. The van der Waals surface area contributed by atoms with Gasteiger partial charge in [0, 0.05) is 17.9 Å². The summed E-state index contributed by atoms with van der Waals surface area (Å²) in [4.78, 5) is 3.30. The summed E-state index contributed by atoms with van der Waals surface area (Å²) in [5.74, 6) is 0.773. The fraction of sp³-hybridized carbons (Fsp3) is 0.714. The first kappa shape index (κ1) is 11.7. The largest absolute Gasteiger partial charge is 0.365 e. The molecule has 0 radical (unpaired) electrons. The zero-order valence-electron chi connectivity index (χ0n) is 10.6. The van der Waals surface area contributed by atoms with Crippen LogP contribution in [0.4, 0.5) is 0 Å². The molecule has 0 bridgehead atoms. The number of hydrogen-bond acceptors (Lipinski definition) is 1. The predicted octanol–water partition coefficient (Wildman–Crippen LogP) is 3.35. The molecule has 0 saturated carbocycles. The molecule has 2 rings (SSSR count). The van der Waals surface area contributed by atoms with Crippen molar-refractivity contribution in [3.05, 3.63) is 23.5 Å². The van der Waals surface area contributed by atoms with E-state index in [1.807, 2.05) is 0 Å². The molecule has 2 heteroatoms. The highest BCUT2D eigenvalue weighted by Crippen LogP contribution is 2.30. The van der Waals surface area contributed by atoms with Gasteiger partial charge < -0.3 is 10.3 Å². The molecule has 2 atom stereocenters. The molecule has 1 aromatic heterocycles. The third-order valence-corrected chi connectivity index (χ3v) is 3.84. The summed E-state index contributed by atoms with van der Waals surface area (Å²) < 4.78 is 0. The van der Waals surface area contributed by atoms with E-state index in [-0.39, 0.29) is 0 Å². The van der Waals surface area contributed by atoms with E-state index in [2.05, 4.69) is 36.4 Å². The summed E-state index contributed by atoms with van der Waals surface area (Å²) >= 11 is 0. The quantitative estimate of drug-likeness (QED) is 0.800. The van der Waals surface area contributed by atoms with E-state index < -0.39 is 0 Å². The molecule has 16 heavy (non-hydrogen) atoms. The second-order valence-electron chi connectivity index (χ2n) is 5.07. The summed E-state index contributed by atoms with van der Waals surface area (Å²) in [7, 11) is 0. The Morgan fingerprint density at radius 2 is 2.31 bits per heavy atom. The van der Waals surface area contributed by atoms with Crippen LogP contribution in [0.25, 0.3) is 0 Å². The lowest BCUT2D eigenvalue weighted by Crippen LogP contribution is -2.37. The summed E-state index contributed by atoms with van der Waals surface area (Å²) in [5.41, 5.74) is 2.91. The standard InChI is InChI=1S/C14H24N2/c1-3-4-5-13-10-12(6-8-16-13)14-7-9-15-11(14)2/h7,9,12-13,15-16H,3-6,8,10H2,1-2H3. The smallest absolute Gasteiger partial charge is 0.0150 e. The van der Waals surface area contributed by atoms with E-state index >= 15 is 0 Å². The Bertz CT molecular complexity index is 316. The molecule has 0 aliphatic carbocycles. The Hall–Kier alpha value is -0.760. The molecule has 2 unspecified atom stereocenters. The molecule has 1 aliphatic heterocycles. The van der Waals surface area contributed by atoms with E-state index in [4.69, 9.17) is 0 Å². The molecule has 2 heterocycles. The summed E-state index contributed by atoms with van der Waals surface area (Å²) in [6.07, 6.45) is 8.70. The average molecular weight is 220 g/mol. The molecule has 1 saturated heterocycles. The van der Waals surface area contributed by atoms with Gasteiger partial charge in [-0.3, -0.25) is 0 Å². The second kappa shape index (κ2) is 5.53. The number of aryl methyl sites for hydroxylation is 1. The monoisotopic (exact) mass is 220 g/mol. The molecule has 2 nitrogen and oxygen atoms in total. The topological polar surface area (TPSA) is 27.8 Å². The molecule has 0 aromatic carbocycles. The van der Waals surface area contributed by atoms with Gasteiger partial charge in [0.1, 0.15) is 0 Å². The van der Waals surface area contributed by atoms with E-state index in [1.165, 1.54) is 44.3 Å². The van der Waals surface area contributed by atoms with Crippen molar-refractivity contribution in [1.29, 1.82) is 0 Å². The molecule has 2 N–H and O–H groups in total. The first-order chi connectivity index (χ1) is 7.81. The van der Waals surface area contributed by atoms with Gasteiger partial charge >= 0.3 is 0 Å². The molecule has 90 valence electrons. The number of aromatic amines is 1. The fourth-order valence-electron chi connectivity index (χ4n) is 2.87. The normalized spacial score (nSPS) is 25.9. The molecule has 1 aromatic rings. The van der Waals surface area contributed by atoms with Crippen LogP contribution in [0.2, 0.25) is 0 Å². The zero-order chi connectivity index (χ0) is 11.4. The second-order valence-corrected chi connectivity index (χ2v) is 5.07. The van der Waals surface area contributed by atoms with Crippen LogP contribution >= 0.6 is 0 Å². The summed E-state index contributed by atoms with van der Waals surface area (Å²) in [6.45, 7) is 5.65. The van der Waals surface area contributed by atoms with Gasteiger partial charge in [-0.05, 0) is 50.3 Å². The van der Waals surface area contributed by atoms with Crippen LogP contribution in [-0.2, 0) is 0 Å². The molecule has 1 aliphatic rings. The molecular formula is C14H24N2. The van der Waals surface area contributed by atoms with Gasteiger partial charge in [-0.2, -0.15) is 0 Å². The van der Waals surface area contributed by atoms with Crippen molar-refractivity contribution in [3.63, 3.8) is 0 Å². The average Bonchev–Trinajstić information content (AvgIpc) is 2.73. The lowest BCUT2D eigenvalue weighted by Gasteiger charge is -2.30. The van der Waals surface area contributed by atoms with Crippen LogP contribution in [0, 0.1) is 6.92 Å². The van der Waals surface area contributed by atoms with E-state index in [0.29, 0.717) is 0 Å². The maximum absolute atomic E-state index is 3.66. The van der Waals surface area contributed by atoms with Crippen LogP contribution in [-0.4, -0.2) is 17.6 Å². The predicted molar refractivity (Wildman–Crippen MR) is 68.8 cm³/mol.